The number of carbonyl (C=O) groups excluding carboxylic acids is 1. The van der Waals surface area contributed by atoms with Gasteiger partial charge in [0.25, 0.3) is 0 Å². The summed E-state index contributed by atoms with van der Waals surface area (Å²) in [6, 6.07) is 3.90. The maximum atomic E-state index is 12.0. The predicted molar refractivity (Wildman–Crippen MR) is 76.6 cm³/mol. The van der Waals surface area contributed by atoms with Gasteiger partial charge in [-0.15, -0.1) is 22.7 Å². The van der Waals surface area contributed by atoms with E-state index in [-0.39, 0.29) is 5.78 Å². The molecule has 0 fully saturated rings. The molecule has 2 aromatic rings. The summed E-state index contributed by atoms with van der Waals surface area (Å²) in [4.78, 5) is 21.6. The van der Waals surface area contributed by atoms with Gasteiger partial charge in [-0.05, 0) is 33.0 Å². The fourth-order valence-corrected chi connectivity index (χ4v) is 3.34. The molecule has 2 rings (SSSR count). The van der Waals surface area contributed by atoms with Crippen LogP contribution in [0.2, 0.25) is 0 Å². The third-order valence-electron chi connectivity index (χ3n) is 2.69. The van der Waals surface area contributed by atoms with E-state index in [4.69, 9.17) is 0 Å². The van der Waals surface area contributed by atoms with Crippen LogP contribution < -0.4 is 0 Å². The summed E-state index contributed by atoms with van der Waals surface area (Å²) in [5, 5.41) is 0. The SMILES string of the molecule is Cc1ccc(C(=O)CN(C)Cc2scnc2C)s1. The fraction of sp³-hybridized carbons (Fsp3) is 0.385. The summed E-state index contributed by atoms with van der Waals surface area (Å²) in [6.07, 6.45) is 0. The summed E-state index contributed by atoms with van der Waals surface area (Å²) < 4.78 is 0. The topological polar surface area (TPSA) is 33.2 Å². The number of nitrogens with zero attached hydrogens (tertiary/aromatic N) is 2. The lowest BCUT2D eigenvalue weighted by atomic mass is 10.3. The van der Waals surface area contributed by atoms with Gasteiger partial charge in [0.1, 0.15) is 0 Å². The quantitative estimate of drug-likeness (QED) is 0.789. The molecule has 0 aliphatic rings. The van der Waals surface area contributed by atoms with Gasteiger partial charge < -0.3 is 0 Å². The number of ketones is 1. The monoisotopic (exact) mass is 280 g/mol. The first kappa shape index (κ1) is 13.4. The van der Waals surface area contributed by atoms with E-state index in [1.807, 2.05) is 43.4 Å². The summed E-state index contributed by atoms with van der Waals surface area (Å²) in [5.41, 5.74) is 2.91. The van der Waals surface area contributed by atoms with Crippen molar-refractivity contribution in [1.29, 1.82) is 0 Å². The number of carbonyl (C=O) groups is 1. The van der Waals surface area contributed by atoms with Crippen molar-refractivity contribution in [3.63, 3.8) is 0 Å². The Bertz CT molecular complexity index is 545. The van der Waals surface area contributed by atoms with Gasteiger partial charge in [0.05, 0.1) is 22.6 Å². The molecule has 2 heterocycles. The number of aryl methyl sites for hydroxylation is 2. The number of aromatic nitrogens is 1. The molecule has 0 radical (unpaired) electrons. The van der Waals surface area contributed by atoms with Crippen molar-refractivity contribution in [3.8, 4) is 0 Å². The first-order valence-electron chi connectivity index (χ1n) is 5.73. The predicted octanol–water partition coefficient (Wildman–Crippen LogP) is 3.14. The number of hydrogen-bond donors (Lipinski definition) is 0. The fourth-order valence-electron chi connectivity index (χ4n) is 1.69. The highest BCUT2D eigenvalue weighted by atomic mass is 32.1. The van der Waals surface area contributed by atoms with Gasteiger partial charge in [-0.2, -0.15) is 0 Å². The maximum Gasteiger partial charge on any atom is 0.186 e. The van der Waals surface area contributed by atoms with Gasteiger partial charge in [0.2, 0.25) is 0 Å². The zero-order valence-electron chi connectivity index (χ0n) is 10.8. The molecule has 3 nitrogen and oxygen atoms in total. The van der Waals surface area contributed by atoms with Gasteiger partial charge in [0.15, 0.2) is 5.78 Å². The van der Waals surface area contributed by atoms with Crippen molar-refractivity contribution >= 4 is 28.5 Å². The van der Waals surface area contributed by atoms with Crippen molar-refractivity contribution < 1.29 is 4.79 Å². The number of likely N-dealkylation sites (N-methyl/N-ethyl adjacent to an activating group) is 1. The Morgan fingerprint density at radius 2 is 2.17 bits per heavy atom. The maximum absolute atomic E-state index is 12.0. The van der Waals surface area contributed by atoms with E-state index in [0.29, 0.717) is 6.54 Å². The van der Waals surface area contributed by atoms with Crippen LogP contribution in [0.15, 0.2) is 17.6 Å². The molecule has 0 saturated carbocycles. The molecular weight excluding hydrogens is 264 g/mol. The minimum Gasteiger partial charge on any atom is -0.294 e. The van der Waals surface area contributed by atoms with Crippen molar-refractivity contribution in [2.24, 2.45) is 0 Å². The smallest absolute Gasteiger partial charge is 0.186 e. The molecule has 2 aromatic heterocycles. The van der Waals surface area contributed by atoms with Crippen molar-refractivity contribution in [1.82, 2.24) is 9.88 Å². The average molecular weight is 280 g/mol. The lowest BCUT2D eigenvalue weighted by Crippen LogP contribution is -2.25. The van der Waals surface area contributed by atoms with E-state index in [9.17, 15) is 4.79 Å². The van der Waals surface area contributed by atoms with Crippen LogP contribution in [0.5, 0.6) is 0 Å². The Morgan fingerprint density at radius 1 is 1.39 bits per heavy atom. The first-order chi connectivity index (χ1) is 8.56. The Morgan fingerprint density at radius 3 is 2.72 bits per heavy atom. The van der Waals surface area contributed by atoms with E-state index in [1.54, 1.807) is 22.7 Å². The van der Waals surface area contributed by atoms with Gasteiger partial charge in [-0.1, -0.05) is 0 Å². The Hall–Kier alpha value is -1.04. The molecule has 0 aliphatic carbocycles. The van der Waals surface area contributed by atoms with E-state index in [1.165, 1.54) is 9.75 Å². The van der Waals surface area contributed by atoms with Gasteiger partial charge in [-0.25, -0.2) is 4.98 Å². The molecule has 0 unspecified atom stereocenters. The Labute approximate surface area is 115 Å². The van der Waals surface area contributed by atoms with Crippen LogP contribution in [-0.2, 0) is 6.54 Å². The second-order valence-corrected chi connectivity index (χ2v) is 6.59. The van der Waals surface area contributed by atoms with Crippen LogP contribution in [0.4, 0.5) is 0 Å². The molecule has 96 valence electrons. The highest BCUT2D eigenvalue weighted by molar-refractivity contribution is 7.14. The largest absolute Gasteiger partial charge is 0.294 e. The molecule has 0 aliphatic heterocycles. The number of Topliss-reactive ketones (excluding diaryl/α,β-unsaturated/α-hetero) is 1. The third kappa shape index (κ3) is 3.25. The van der Waals surface area contributed by atoms with Crippen molar-refractivity contribution in [3.05, 3.63) is 38.0 Å². The molecule has 0 saturated heterocycles. The summed E-state index contributed by atoms with van der Waals surface area (Å²) in [5.74, 6) is 0.192. The van der Waals surface area contributed by atoms with Crippen molar-refractivity contribution in [2.45, 2.75) is 20.4 Å². The highest BCUT2D eigenvalue weighted by Gasteiger charge is 2.12. The molecule has 0 bridgehead atoms. The van der Waals surface area contributed by atoms with Gasteiger partial charge in [0, 0.05) is 16.3 Å². The van der Waals surface area contributed by atoms with Crippen LogP contribution in [0.3, 0.4) is 0 Å². The summed E-state index contributed by atoms with van der Waals surface area (Å²) in [7, 11) is 1.97. The van der Waals surface area contributed by atoms with Crippen molar-refractivity contribution in [2.75, 3.05) is 13.6 Å². The zero-order valence-corrected chi connectivity index (χ0v) is 12.4. The van der Waals surface area contributed by atoms with E-state index >= 15 is 0 Å². The molecule has 0 spiro atoms. The minimum absolute atomic E-state index is 0.192. The Balaban J connectivity index is 1.93. The van der Waals surface area contributed by atoms with Crippen LogP contribution >= 0.6 is 22.7 Å². The number of thiophene rings is 1. The van der Waals surface area contributed by atoms with Crippen LogP contribution in [-0.4, -0.2) is 29.3 Å². The summed E-state index contributed by atoms with van der Waals surface area (Å²) >= 11 is 3.21. The highest BCUT2D eigenvalue weighted by Crippen LogP contribution is 2.17. The molecule has 5 heteroatoms. The van der Waals surface area contributed by atoms with E-state index < -0.39 is 0 Å². The van der Waals surface area contributed by atoms with E-state index in [2.05, 4.69) is 4.98 Å². The molecular formula is C13H16N2OS2. The number of hydrogen-bond acceptors (Lipinski definition) is 5. The zero-order chi connectivity index (χ0) is 13.1. The van der Waals surface area contributed by atoms with Gasteiger partial charge >= 0.3 is 0 Å². The lowest BCUT2D eigenvalue weighted by Gasteiger charge is -2.14. The molecule has 18 heavy (non-hydrogen) atoms. The average Bonchev–Trinajstić information content (AvgIpc) is 2.89. The summed E-state index contributed by atoms with van der Waals surface area (Å²) in [6.45, 7) is 5.26. The standard InChI is InChI=1S/C13H16N2OS2/c1-9-4-5-12(18-9)11(16)6-15(3)7-13-10(2)14-8-17-13/h4-5,8H,6-7H2,1-3H3. The van der Waals surface area contributed by atoms with Crippen LogP contribution in [0.25, 0.3) is 0 Å². The van der Waals surface area contributed by atoms with Crippen LogP contribution in [0.1, 0.15) is 25.1 Å². The lowest BCUT2D eigenvalue weighted by molar-refractivity contribution is 0.0947. The molecule has 0 N–H and O–H groups in total. The van der Waals surface area contributed by atoms with Crippen LogP contribution in [0, 0.1) is 13.8 Å². The number of rotatable bonds is 5. The normalized spacial score (nSPS) is 11.1. The second kappa shape index (κ2) is 5.73. The third-order valence-corrected chi connectivity index (χ3v) is 4.65. The molecule has 0 aromatic carbocycles. The first-order valence-corrected chi connectivity index (χ1v) is 7.43. The molecule has 0 amide bonds. The minimum atomic E-state index is 0.192. The molecule has 0 atom stereocenters. The van der Waals surface area contributed by atoms with E-state index in [0.717, 1.165) is 17.1 Å². The number of thiazole rings is 1. The second-order valence-electron chi connectivity index (χ2n) is 4.37. The Kier molecular flexibility index (Phi) is 4.27. The van der Waals surface area contributed by atoms with Gasteiger partial charge in [-0.3, -0.25) is 9.69 Å².